The minimum atomic E-state index is -0.280. The summed E-state index contributed by atoms with van der Waals surface area (Å²) in [7, 11) is 0. The van der Waals surface area contributed by atoms with Crippen LogP contribution in [-0.4, -0.2) is 5.11 Å². The van der Waals surface area contributed by atoms with Gasteiger partial charge < -0.3 is 5.11 Å². The molecule has 11 heavy (non-hydrogen) atoms. The topological polar surface area (TPSA) is 20.2 Å². The van der Waals surface area contributed by atoms with Crippen LogP contribution in [0.4, 0.5) is 4.39 Å². The van der Waals surface area contributed by atoms with Gasteiger partial charge in [-0.1, -0.05) is 6.92 Å². The van der Waals surface area contributed by atoms with Gasteiger partial charge in [0, 0.05) is 0 Å². The molecule has 0 bridgehead atoms. The Balaban J connectivity index is 3.24. The van der Waals surface area contributed by atoms with E-state index >= 15 is 0 Å². The van der Waals surface area contributed by atoms with E-state index in [1.165, 1.54) is 12.1 Å². The van der Waals surface area contributed by atoms with Crippen LogP contribution in [-0.2, 0) is 6.42 Å². The molecule has 0 atom stereocenters. The van der Waals surface area contributed by atoms with Crippen molar-refractivity contribution in [1.82, 2.24) is 0 Å². The highest BCUT2D eigenvalue weighted by molar-refractivity contribution is 5.39. The van der Waals surface area contributed by atoms with Crippen LogP contribution in [0, 0.1) is 12.7 Å². The van der Waals surface area contributed by atoms with Crippen LogP contribution in [0.5, 0.6) is 5.75 Å². The summed E-state index contributed by atoms with van der Waals surface area (Å²) in [5, 5.41) is 9.36. The molecule has 1 aromatic carbocycles. The summed E-state index contributed by atoms with van der Waals surface area (Å²) in [5.41, 5.74) is 1.27. The Hall–Kier alpha value is -1.05. The summed E-state index contributed by atoms with van der Waals surface area (Å²) >= 11 is 0. The quantitative estimate of drug-likeness (QED) is 0.658. The predicted molar refractivity (Wildman–Crippen MR) is 42.2 cm³/mol. The highest BCUT2D eigenvalue weighted by atomic mass is 19.1. The van der Waals surface area contributed by atoms with Gasteiger partial charge in [-0.2, -0.15) is 0 Å². The van der Waals surface area contributed by atoms with E-state index < -0.39 is 0 Å². The lowest BCUT2D eigenvalue weighted by atomic mass is 10.1. The van der Waals surface area contributed by atoms with Gasteiger partial charge in [-0.25, -0.2) is 4.39 Å². The van der Waals surface area contributed by atoms with Crippen molar-refractivity contribution in [3.05, 3.63) is 29.1 Å². The van der Waals surface area contributed by atoms with Crippen LogP contribution in [0.15, 0.2) is 12.1 Å². The average Bonchev–Trinajstić information content (AvgIpc) is 1.96. The van der Waals surface area contributed by atoms with E-state index in [2.05, 4.69) is 0 Å². The molecule has 0 aliphatic heterocycles. The molecule has 1 rings (SSSR count). The summed E-state index contributed by atoms with van der Waals surface area (Å²) in [6.45, 7) is 3.57. The van der Waals surface area contributed by atoms with Crippen LogP contribution in [0.1, 0.15) is 18.1 Å². The number of hydrogen-bond acceptors (Lipinski definition) is 1. The third-order valence-electron chi connectivity index (χ3n) is 1.73. The second-order valence-electron chi connectivity index (χ2n) is 2.58. The maximum absolute atomic E-state index is 12.7. The lowest BCUT2D eigenvalue weighted by Crippen LogP contribution is -1.87. The molecule has 1 N–H and O–H groups in total. The van der Waals surface area contributed by atoms with Crippen LogP contribution >= 0.6 is 0 Å². The molecule has 0 amide bonds. The average molecular weight is 154 g/mol. The van der Waals surface area contributed by atoms with Gasteiger partial charge in [0.2, 0.25) is 0 Å². The molecule has 1 nitrogen and oxygen atoms in total. The first kappa shape index (κ1) is 8.05. The Morgan fingerprint density at radius 3 is 2.64 bits per heavy atom. The van der Waals surface area contributed by atoms with Crippen molar-refractivity contribution in [3.63, 3.8) is 0 Å². The smallest absolute Gasteiger partial charge is 0.124 e. The second-order valence-corrected chi connectivity index (χ2v) is 2.58. The van der Waals surface area contributed by atoms with Crippen LogP contribution in [0.25, 0.3) is 0 Å². The number of halogens is 1. The van der Waals surface area contributed by atoms with Crippen molar-refractivity contribution >= 4 is 0 Å². The van der Waals surface area contributed by atoms with Gasteiger partial charge in [0.1, 0.15) is 11.6 Å². The van der Waals surface area contributed by atoms with Gasteiger partial charge in [-0.15, -0.1) is 0 Å². The maximum Gasteiger partial charge on any atom is 0.124 e. The van der Waals surface area contributed by atoms with E-state index in [4.69, 9.17) is 0 Å². The minimum absolute atomic E-state index is 0.217. The number of aryl methyl sites for hydroxylation is 2. The highest BCUT2D eigenvalue weighted by Crippen LogP contribution is 2.23. The van der Waals surface area contributed by atoms with E-state index in [-0.39, 0.29) is 11.6 Å². The predicted octanol–water partition coefficient (Wildman–Crippen LogP) is 2.40. The lowest BCUT2D eigenvalue weighted by molar-refractivity contribution is 0.461. The van der Waals surface area contributed by atoms with E-state index in [1.807, 2.05) is 6.92 Å². The van der Waals surface area contributed by atoms with Crippen molar-refractivity contribution in [2.24, 2.45) is 0 Å². The van der Waals surface area contributed by atoms with Crippen molar-refractivity contribution in [1.29, 1.82) is 0 Å². The van der Waals surface area contributed by atoms with E-state index in [1.54, 1.807) is 6.92 Å². The van der Waals surface area contributed by atoms with Gasteiger partial charge in [-0.3, -0.25) is 0 Å². The number of phenols is 1. The zero-order valence-corrected chi connectivity index (χ0v) is 6.69. The number of aromatic hydroxyl groups is 1. The number of phenolic OH excluding ortho intramolecular Hbond substituents is 1. The molecule has 0 saturated carbocycles. The molecule has 0 spiro atoms. The summed E-state index contributed by atoms with van der Waals surface area (Å²) in [4.78, 5) is 0. The van der Waals surface area contributed by atoms with Crippen LogP contribution in [0.3, 0.4) is 0 Å². The lowest BCUT2D eigenvalue weighted by Gasteiger charge is -2.04. The molecule has 2 heteroatoms. The highest BCUT2D eigenvalue weighted by Gasteiger charge is 2.04. The molecule has 0 fully saturated rings. The fourth-order valence-corrected chi connectivity index (χ4v) is 1.07. The molecule has 0 radical (unpaired) electrons. The standard InChI is InChI=1S/C9H11FO/c1-3-7-5-8(10)4-6(2)9(7)11/h4-5,11H,3H2,1-2H3. The van der Waals surface area contributed by atoms with Crippen molar-refractivity contribution < 1.29 is 9.50 Å². The molecule has 0 saturated heterocycles. The Morgan fingerprint density at radius 1 is 1.45 bits per heavy atom. The molecule has 0 unspecified atom stereocenters. The van der Waals surface area contributed by atoms with Crippen molar-refractivity contribution in [2.75, 3.05) is 0 Å². The number of benzene rings is 1. The molecule has 60 valence electrons. The zero-order valence-electron chi connectivity index (χ0n) is 6.69. The van der Waals surface area contributed by atoms with Gasteiger partial charge in [-0.05, 0) is 36.6 Å². The van der Waals surface area contributed by atoms with Crippen molar-refractivity contribution in [2.45, 2.75) is 20.3 Å². The van der Waals surface area contributed by atoms with Gasteiger partial charge >= 0.3 is 0 Å². The number of rotatable bonds is 1. The number of hydrogen-bond donors (Lipinski definition) is 1. The Kier molecular flexibility index (Phi) is 2.13. The van der Waals surface area contributed by atoms with Crippen molar-refractivity contribution in [3.8, 4) is 5.75 Å². The van der Waals surface area contributed by atoms with E-state index in [0.717, 1.165) is 0 Å². The summed E-state index contributed by atoms with van der Waals surface area (Å²) in [6, 6.07) is 2.69. The SMILES string of the molecule is CCc1cc(F)cc(C)c1O. The molecular weight excluding hydrogens is 143 g/mol. The first-order valence-corrected chi connectivity index (χ1v) is 3.63. The maximum atomic E-state index is 12.7. The van der Waals surface area contributed by atoms with Crippen LogP contribution in [0.2, 0.25) is 0 Å². The molecule has 0 aromatic heterocycles. The second kappa shape index (κ2) is 2.91. The van der Waals surface area contributed by atoms with E-state index in [0.29, 0.717) is 17.5 Å². The first-order valence-electron chi connectivity index (χ1n) is 3.63. The van der Waals surface area contributed by atoms with Gasteiger partial charge in [0.15, 0.2) is 0 Å². The van der Waals surface area contributed by atoms with Gasteiger partial charge in [0.25, 0.3) is 0 Å². The van der Waals surface area contributed by atoms with Gasteiger partial charge in [0.05, 0.1) is 0 Å². The third kappa shape index (κ3) is 1.50. The monoisotopic (exact) mass is 154 g/mol. The largest absolute Gasteiger partial charge is 0.507 e. The fraction of sp³-hybridized carbons (Fsp3) is 0.333. The third-order valence-corrected chi connectivity index (χ3v) is 1.73. The molecule has 0 aliphatic carbocycles. The molecular formula is C9H11FO. The molecule has 1 aromatic rings. The summed E-state index contributed by atoms with van der Waals surface area (Å²) in [5.74, 6) is -0.0638. The van der Waals surface area contributed by atoms with Crippen LogP contribution < -0.4 is 0 Å². The minimum Gasteiger partial charge on any atom is -0.507 e. The Bertz CT molecular complexity index is 269. The summed E-state index contributed by atoms with van der Waals surface area (Å²) in [6.07, 6.45) is 0.657. The Morgan fingerprint density at radius 2 is 2.09 bits per heavy atom. The fourth-order valence-electron chi connectivity index (χ4n) is 1.07. The zero-order chi connectivity index (χ0) is 8.43. The Labute approximate surface area is 65.5 Å². The van der Waals surface area contributed by atoms with E-state index in [9.17, 15) is 9.50 Å². The molecule has 0 aliphatic rings. The normalized spacial score (nSPS) is 10.1. The summed E-state index contributed by atoms with van der Waals surface area (Å²) < 4.78 is 12.7. The molecule has 0 heterocycles. The first-order chi connectivity index (χ1) is 5.15.